The van der Waals surface area contributed by atoms with Gasteiger partial charge in [-0.25, -0.2) is 4.98 Å². The number of halogens is 3. The molecule has 26 heavy (non-hydrogen) atoms. The lowest BCUT2D eigenvalue weighted by Crippen LogP contribution is -2.15. The second kappa shape index (κ2) is 8.49. The van der Waals surface area contributed by atoms with E-state index >= 15 is 0 Å². The van der Waals surface area contributed by atoms with Crippen LogP contribution in [-0.4, -0.2) is 16.6 Å². The van der Waals surface area contributed by atoms with Gasteiger partial charge in [0.2, 0.25) is 5.91 Å². The Morgan fingerprint density at radius 3 is 2.65 bits per heavy atom. The van der Waals surface area contributed by atoms with Crippen molar-refractivity contribution in [2.75, 3.05) is 11.1 Å². The molecule has 1 aromatic heterocycles. The summed E-state index contributed by atoms with van der Waals surface area (Å²) in [7, 11) is 0. The topological polar surface area (TPSA) is 65.8 Å². The van der Waals surface area contributed by atoms with Gasteiger partial charge in [-0.2, -0.15) is 5.26 Å². The number of anilines is 1. The number of hydrogen-bond acceptors (Lipinski definition) is 4. The lowest BCUT2D eigenvalue weighted by atomic mass is 9.95. The minimum atomic E-state index is -0.265. The predicted octanol–water partition coefficient (Wildman–Crippen LogP) is 5.52. The Hall–Kier alpha value is -1.45. The summed E-state index contributed by atoms with van der Waals surface area (Å²) >= 11 is 19.1. The van der Waals surface area contributed by atoms with Crippen LogP contribution in [0.4, 0.5) is 5.69 Å². The molecule has 1 heterocycles. The Morgan fingerprint density at radius 2 is 1.88 bits per heavy atom. The van der Waals surface area contributed by atoms with Gasteiger partial charge in [0.15, 0.2) is 0 Å². The molecule has 0 saturated heterocycles. The smallest absolute Gasteiger partial charge is 0.234 e. The Balaban J connectivity index is 1.70. The number of fused-ring (bicyclic) bond motifs is 1. The Kier molecular flexibility index (Phi) is 6.31. The maximum atomic E-state index is 12.2. The van der Waals surface area contributed by atoms with Crippen molar-refractivity contribution in [1.29, 1.82) is 5.26 Å². The highest BCUT2D eigenvalue weighted by molar-refractivity contribution is 8.00. The number of rotatable bonds is 4. The zero-order valence-electron chi connectivity index (χ0n) is 13.6. The summed E-state index contributed by atoms with van der Waals surface area (Å²) < 4.78 is 0. The highest BCUT2D eigenvalue weighted by atomic mass is 35.5. The predicted molar refractivity (Wildman–Crippen MR) is 106 cm³/mol. The molecule has 0 radical (unpaired) electrons. The highest BCUT2D eigenvalue weighted by Crippen LogP contribution is 2.32. The zero-order chi connectivity index (χ0) is 18.7. The lowest BCUT2D eigenvalue weighted by Gasteiger charge is -2.16. The molecule has 0 spiro atoms. The maximum Gasteiger partial charge on any atom is 0.234 e. The van der Waals surface area contributed by atoms with E-state index in [1.807, 2.05) is 6.07 Å². The van der Waals surface area contributed by atoms with Crippen molar-refractivity contribution in [3.63, 3.8) is 0 Å². The van der Waals surface area contributed by atoms with E-state index < -0.39 is 0 Å². The van der Waals surface area contributed by atoms with Gasteiger partial charge in [0.25, 0.3) is 0 Å². The lowest BCUT2D eigenvalue weighted by molar-refractivity contribution is -0.113. The van der Waals surface area contributed by atoms with Crippen molar-refractivity contribution < 1.29 is 4.79 Å². The van der Waals surface area contributed by atoms with Crippen LogP contribution in [0.1, 0.15) is 29.7 Å². The van der Waals surface area contributed by atoms with Gasteiger partial charge in [0.1, 0.15) is 11.1 Å². The van der Waals surface area contributed by atoms with Crippen LogP contribution in [0.15, 0.2) is 23.2 Å². The number of carbonyl (C=O) groups is 1. The number of pyridine rings is 1. The fourth-order valence-electron chi connectivity index (χ4n) is 2.74. The number of carbonyl (C=O) groups excluding carboxylic acids is 1. The van der Waals surface area contributed by atoms with Crippen molar-refractivity contribution in [3.8, 4) is 6.07 Å². The molecule has 0 atom stereocenters. The van der Waals surface area contributed by atoms with Crippen LogP contribution in [-0.2, 0) is 17.6 Å². The van der Waals surface area contributed by atoms with Crippen LogP contribution in [0.25, 0.3) is 0 Å². The molecule has 2 aromatic rings. The van der Waals surface area contributed by atoms with Crippen molar-refractivity contribution in [2.24, 2.45) is 0 Å². The summed E-state index contributed by atoms with van der Waals surface area (Å²) in [4.78, 5) is 16.8. The number of nitrogens with one attached hydrogen (secondary N) is 1. The van der Waals surface area contributed by atoms with E-state index in [0.717, 1.165) is 36.9 Å². The number of aryl methyl sites for hydroxylation is 2. The van der Waals surface area contributed by atoms with Crippen molar-refractivity contribution >= 4 is 58.2 Å². The van der Waals surface area contributed by atoms with Crippen LogP contribution in [0.5, 0.6) is 0 Å². The standard InChI is InChI=1S/C18H14Cl3N3OS/c19-12-6-14(21)16(7-13(12)20)23-17(25)9-26-18-11(8-22)5-10-3-1-2-4-15(10)24-18/h5-7H,1-4,9H2,(H,23,25). The van der Waals surface area contributed by atoms with Gasteiger partial charge in [0.05, 0.1) is 32.1 Å². The Morgan fingerprint density at radius 1 is 1.15 bits per heavy atom. The van der Waals surface area contributed by atoms with Crippen molar-refractivity contribution in [1.82, 2.24) is 4.98 Å². The summed E-state index contributed by atoms with van der Waals surface area (Å²) in [5, 5.41) is 13.6. The molecule has 0 aliphatic heterocycles. The largest absolute Gasteiger partial charge is 0.324 e. The average molecular weight is 427 g/mol. The van der Waals surface area contributed by atoms with E-state index in [0.29, 0.717) is 31.3 Å². The number of amides is 1. The first-order valence-electron chi connectivity index (χ1n) is 7.98. The third-order valence-electron chi connectivity index (χ3n) is 4.01. The molecule has 0 unspecified atom stereocenters. The van der Waals surface area contributed by atoms with Gasteiger partial charge in [-0.15, -0.1) is 0 Å². The quantitative estimate of drug-likeness (QED) is 0.516. The summed E-state index contributed by atoms with van der Waals surface area (Å²) in [6, 6.07) is 7.06. The van der Waals surface area contributed by atoms with E-state index in [-0.39, 0.29) is 11.7 Å². The molecule has 0 saturated carbocycles. The fraction of sp³-hybridized carbons (Fsp3) is 0.278. The first-order valence-corrected chi connectivity index (χ1v) is 10.1. The van der Waals surface area contributed by atoms with Crippen LogP contribution in [0.2, 0.25) is 15.1 Å². The van der Waals surface area contributed by atoms with E-state index in [9.17, 15) is 10.1 Å². The molecule has 1 aliphatic rings. The van der Waals surface area contributed by atoms with E-state index in [1.165, 1.54) is 23.9 Å². The Bertz CT molecular complexity index is 912. The van der Waals surface area contributed by atoms with Crippen LogP contribution < -0.4 is 5.32 Å². The molecule has 3 rings (SSSR count). The number of thioether (sulfide) groups is 1. The van der Waals surface area contributed by atoms with Crippen LogP contribution in [0, 0.1) is 11.3 Å². The molecule has 0 bridgehead atoms. The van der Waals surface area contributed by atoms with Gasteiger partial charge in [-0.1, -0.05) is 46.6 Å². The molecule has 8 heteroatoms. The third kappa shape index (κ3) is 4.44. The molecule has 1 N–H and O–H groups in total. The molecular formula is C18H14Cl3N3OS. The molecule has 1 aromatic carbocycles. The summed E-state index contributed by atoms with van der Waals surface area (Å²) in [6.45, 7) is 0. The monoisotopic (exact) mass is 425 g/mol. The van der Waals surface area contributed by atoms with Gasteiger partial charge >= 0.3 is 0 Å². The second-order valence-electron chi connectivity index (χ2n) is 5.85. The fourth-order valence-corrected chi connectivity index (χ4v) is 4.11. The average Bonchev–Trinajstić information content (AvgIpc) is 2.63. The molecule has 1 aliphatic carbocycles. The second-order valence-corrected chi connectivity index (χ2v) is 8.03. The van der Waals surface area contributed by atoms with Crippen LogP contribution in [0.3, 0.4) is 0 Å². The van der Waals surface area contributed by atoms with Gasteiger partial charge in [0, 0.05) is 5.69 Å². The van der Waals surface area contributed by atoms with Crippen molar-refractivity contribution in [3.05, 3.63) is 50.1 Å². The maximum absolute atomic E-state index is 12.2. The zero-order valence-corrected chi connectivity index (χ0v) is 16.7. The van der Waals surface area contributed by atoms with E-state index in [2.05, 4.69) is 16.4 Å². The van der Waals surface area contributed by atoms with Gasteiger partial charge in [-0.05, 0) is 49.4 Å². The SMILES string of the molecule is N#Cc1cc2c(nc1SCC(=O)Nc1cc(Cl)c(Cl)cc1Cl)CCCC2. The van der Waals surface area contributed by atoms with Gasteiger partial charge < -0.3 is 5.32 Å². The van der Waals surface area contributed by atoms with Crippen molar-refractivity contribution in [2.45, 2.75) is 30.7 Å². The third-order valence-corrected chi connectivity index (χ3v) is 6.04. The summed E-state index contributed by atoms with van der Waals surface area (Å²) in [5.41, 5.74) is 3.08. The first kappa shape index (κ1) is 19.3. The minimum absolute atomic E-state index is 0.108. The normalized spacial score (nSPS) is 13.0. The van der Waals surface area contributed by atoms with Crippen LogP contribution >= 0.6 is 46.6 Å². The summed E-state index contributed by atoms with van der Waals surface area (Å²) in [5.74, 6) is -0.157. The number of aromatic nitrogens is 1. The number of benzene rings is 1. The first-order chi connectivity index (χ1) is 12.5. The highest BCUT2D eigenvalue weighted by Gasteiger charge is 2.17. The minimum Gasteiger partial charge on any atom is -0.324 e. The number of nitrogens with zero attached hydrogens (tertiary/aromatic N) is 2. The van der Waals surface area contributed by atoms with E-state index in [1.54, 1.807) is 0 Å². The molecular weight excluding hydrogens is 413 g/mol. The van der Waals surface area contributed by atoms with E-state index in [4.69, 9.17) is 34.8 Å². The molecule has 4 nitrogen and oxygen atoms in total. The number of nitriles is 1. The molecule has 134 valence electrons. The number of hydrogen-bond donors (Lipinski definition) is 1. The van der Waals surface area contributed by atoms with Gasteiger partial charge in [-0.3, -0.25) is 4.79 Å². The molecule has 0 fully saturated rings. The Labute approximate surface area is 170 Å². The summed E-state index contributed by atoms with van der Waals surface area (Å²) in [6.07, 6.45) is 4.10. The molecule has 1 amide bonds.